The van der Waals surface area contributed by atoms with Gasteiger partial charge in [0.1, 0.15) is 0 Å². The smallest absolute Gasteiger partial charge is 0.323 e. The molecule has 1 heterocycles. The minimum Gasteiger partial charge on any atom is -0.343 e. The number of carbonyl (C=O) groups excluding carboxylic acids is 1. The van der Waals surface area contributed by atoms with E-state index in [1.165, 1.54) is 0 Å². The van der Waals surface area contributed by atoms with Crippen LogP contribution in [0.25, 0.3) is 11.0 Å². The number of imidazole rings is 1. The van der Waals surface area contributed by atoms with Crippen LogP contribution in [0.5, 0.6) is 0 Å². The molecule has 0 bridgehead atoms. The molecule has 0 spiro atoms. The SMILES string of the molecule is CCN(CC)C(=O)Cc1ccc2[nH]c(=O)[nH]c2c1. The van der Waals surface area contributed by atoms with Gasteiger partial charge < -0.3 is 14.9 Å². The second-order valence-corrected chi connectivity index (χ2v) is 4.20. The molecule has 0 atom stereocenters. The molecule has 0 aliphatic carbocycles. The van der Waals surface area contributed by atoms with Gasteiger partial charge in [-0.25, -0.2) is 4.79 Å². The summed E-state index contributed by atoms with van der Waals surface area (Å²) in [5.74, 6) is 0.109. The molecule has 0 unspecified atom stereocenters. The lowest BCUT2D eigenvalue weighted by Gasteiger charge is -2.18. The maximum absolute atomic E-state index is 12.0. The van der Waals surface area contributed by atoms with Crippen molar-refractivity contribution in [1.29, 1.82) is 0 Å². The Balaban J connectivity index is 2.21. The van der Waals surface area contributed by atoms with Gasteiger partial charge in [-0.2, -0.15) is 0 Å². The zero-order valence-corrected chi connectivity index (χ0v) is 10.6. The van der Waals surface area contributed by atoms with Crippen LogP contribution in [-0.4, -0.2) is 33.9 Å². The van der Waals surface area contributed by atoms with Crippen molar-refractivity contribution in [2.75, 3.05) is 13.1 Å². The number of benzene rings is 1. The Kier molecular flexibility index (Phi) is 3.50. The predicted octanol–water partition coefficient (Wildman–Crippen LogP) is 1.27. The first-order valence-electron chi connectivity index (χ1n) is 6.12. The van der Waals surface area contributed by atoms with Gasteiger partial charge in [0, 0.05) is 13.1 Å². The number of aromatic amines is 2. The molecular weight excluding hydrogens is 230 g/mol. The number of likely N-dealkylation sites (N-methyl/N-ethyl adjacent to an activating group) is 1. The lowest BCUT2D eigenvalue weighted by molar-refractivity contribution is -0.130. The zero-order valence-electron chi connectivity index (χ0n) is 10.6. The Morgan fingerprint density at radius 1 is 1.17 bits per heavy atom. The number of nitrogens with zero attached hydrogens (tertiary/aromatic N) is 1. The number of aromatic nitrogens is 2. The third kappa shape index (κ3) is 2.45. The number of nitrogens with one attached hydrogen (secondary N) is 2. The fourth-order valence-electron chi connectivity index (χ4n) is 2.05. The van der Waals surface area contributed by atoms with Gasteiger partial charge in [0.05, 0.1) is 17.5 Å². The summed E-state index contributed by atoms with van der Waals surface area (Å²) >= 11 is 0. The van der Waals surface area contributed by atoms with Gasteiger partial charge in [-0.1, -0.05) is 6.07 Å². The molecular formula is C13H17N3O2. The molecule has 5 nitrogen and oxygen atoms in total. The Morgan fingerprint density at radius 2 is 1.83 bits per heavy atom. The number of rotatable bonds is 4. The molecule has 1 amide bonds. The Bertz CT molecular complexity index is 608. The normalized spacial score (nSPS) is 10.8. The average Bonchev–Trinajstić information content (AvgIpc) is 2.70. The first kappa shape index (κ1) is 12.4. The van der Waals surface area contributed by atoms with Crippen LogP contribution in [0.15, 0.2) is 23.0 Å². The number of carbonyl (C=O) groups is 1. The van der Waals surface area contributed by atoms with E-state index in [1.54, 1.807) is 4.90 Å². The van der Waals surface area contributed by atoms with Crippen LogP contribution < -0.4 is 5.69 Å². The summed E-state index contributed by atoms with van der Waals surface area (Å²) < 4.78 is 0. The van der Waals surface area contributed by atoms with Crippen LogP contribution in [0, 0.1) is 0 Å². The molecule has 1 aromatic carbocycles. The van der Waals surface area contributed by atoms with Crippen molar-refractivity contribution in [2.45, 2.75) is 20.3 Å². The molecule has 0 saturated carbocycles. The standard InChI is InChI=1S/C13H17N3O2/c1-3-16(4-2)12(17)8-9-5-6-10-11(7-9)15-13(18)14-10/h5-7H,3-4,8H2,1-2H3,(H2,14,15,18). The molecule has 2 aromatic rings. The highest BCUT2D eigenvalue weighted by atomic mass is 16.2. The van der Waals surface area contributed by atoms with Crippen LogP contribution in [0.1, 0.15) is 19.4 Å². The fraction of sp³-hybridized carbons (Fsp3) is 0.385. The highest BCUT2D eigenvalue weighted by Crippen LogP contribution is 2.11. The molecule has 0 aliphatic rings. The molecule has 0 aliphatic heterocycles. The number of hydrogen-bond acceptors (Lipinski definition) is 2. The fourth-order valence-corrected chi connectivity index (χ4v) is 2.05. The third-order valence-corrected chi connectivity index (χ3v) is 3.05. The van der Waals surface area contributed by atoms with Crippen LogP contribution in [0.3, 0.4) is 0 Å². The van der Waals surface area contributed by atoms with Gasteiger partial charge in [0.25, 0.3) is 0 Å². The number of H-pyrrole nitrogens is 2. The summed E-state index contributed by atoms with van der Waals surface area (Å²) in [5, 5.41) is 0. The van der Waals surface area contributed by atoms with Crippen molar-refractivity contribution < 1.29 is 4.79 Å². The van der Waals surface area contributed by atoms with Crippen molar-refractivity contribution in [3.05, 3.63) is 34.2 Å². The maximum atomic E-state index is 12.0. The Hall–Kier alpha value is -2.04. The van der Waals surface area contributed by atoms with Crippen LogP contribution >= 0.6 is 0 Å². The van der Waals surface area contributed by atoms with E-state index in [9.17, 15) is 9.59 Å². The first-order chi connectivity index (χ1) is 8.63. The second-order valence-electron chi connectivity index (χ2n) is 4.20. The largest absolute Gasteiger partial charge is 0.343 e. The molecule has 2 N–H and O–H groups in total. The molecule has 1 aromatic heterocycles. The van der Waals surface area contributed by atoms with Crippen molar-refractivity contribution in [1.82, 2.24) is 14.9 Å². The summed E-state index contributed by atoms with van der Waals surface area (Å²) in [4.78, 5) is 30.3. The Labute approximate surface area is 105 Å². The van der Waals surface area contributed by atoms with E-state index in [0.29, 0.717) is 6.42 Å². The topological polar surface area (TPSA) is 69.0 Å². The van der Waals surface area contributed by atoms with Gasteiger partial charge in [0.2, 0.25) is 5.91 Å². The predicted molar refractivity (Wildman–Crippen MR) is 70.6 cm³/mol. The van der Waals surface area contributed by atoms with E-state index >= 15 is 0 Å². The minimum absolute atomic E-state index is 0.109. The quantitative estimate of drug-likeness (QED) is 0.854. The van der Waals surface area contributed by atoms with Crippen molar-refractivity contribution >= 4 is 16.9 Å². The van der Waals surface area contributed by atoms with Crippen LogP contribution in [0.2, 0.25) is 0 Å². The summed E-state index contributed by atoms with van der Waals surface area (Å²) in [7, 11) is 0. The second kappa shape index (κ2) is 5.08. The van der Waals surface area contributed by atoms with Crippen LogP contribution in [-0.2, 0) is 11.2 Å². The maximum Gasteiger partial charge on any atom is 0.323 e. The van der Waals surface area contributed by atoms with Gasteiger partial charge in [-0.15, -0.1) is 0 Å². The van der Waals surface area contributed by atoms with E-state index in [1.807, 2.05) is 32.0 Å². The van der Waals surface area contributed by atoms with E-state index in [2.05, 4.69) is 9.97 Å². The summed E-state index contributed by atoms with van der Waals surface area (Å²) in [6.07, 6.45) is 0.366. The minimum atomic E-state index is -0.225. The highest BCUT2D eigenvalue weighted by molar-refractivity contribution is 5.81. The molecule has 96 valence electrons. The van der Waals surface area contributed by atoms with Crippen molar-refractivity contribution in [3.8, 4) is 0 Å². The van der Waals surface area contributed by atoms with E-state index in [-0.39, 0.29) is 11.6 Å². The third-order valence-electron chi connectivity index (χ3n) is 3.05. The van der Waals surface area contributed by atoms with E-state index in [4.69, 9.17) is 0 Å². The van der Waals surface area contributed by atoms with Crippen molar-refractivity contribution in [3.63, 3.8) is 0 Å². The molecule has 0 radical (unpaired) electrons. The van der Waals surface area contributed by atoms with Gasteiger partial charge in [-0.3, -0.25) is 4.79 Å². The van der Waals surface area contributed by atoms with E-state index < -0.39 is 0 Å². The van der Waals surface area contributed by atoms with Crippen molar-refractivity contribution in [2.24, 2.45) is 0 Å². The summed E-state index contributed by atoms with van der Waals surface area (Å²) in [6.45, 7) is 5.37. The first-order valence-corrected chi connectivity index (χ1v) is 6.12. The number of fused-ring (bicyclic) bond motifs is 1. The molecule has 2 rings (SSSR count). The number of hydrogen-bond donors (Lipinski definition) is 2. The van der Waals surface area contributed by atoms with Crippen LogP contribution in [0.4, 0.5) is 0 Å². The molecule has 0 saturated heterocycles. The zero-order chi connectivity index (χ0) is 13.1. The van der Waals surface area contributed by atoms with Gasteiger partial charge in [0.15, 0.2) is 0 Å². The van der Waals surface area contributed by atoms with E-state index in [0.717, 1.165) is 29.7 Å². The Morgan fingerprint density at radius 3 is 2.50 bits per heavy atom. The molecule has 0 fully saturated rings. The number of amides is 1. The monoisotopic (exact) mass is 247 g/mol. The molecule has 18 heavy (non-hydrogen) atoms. The lowest BCUT2D eigenvalue weighted by atomic mass is 10.1. The van der Waals surface area contributed by atoms with Gasteiger partial charge in [-0.05, 0) is 31.5 Å². The highest BCUT2D eigenvalue weighted by Gasteiger charge is 2.10. The molecule has 5 heteroatoms. The lowest BCUT2D eigenvalue weighted by Crippen LogP contribution is -2.31. The average molecular weight is 247 g/mol. The summed E-state index contributed by atoms with van der Waals surface area (Å²) in [6, 6.07) is 5.53. The van der Waals surface area contributed by atoms with Gasteiger partial charge >= 0.3 is 5.69 Å². The summed E-state index contributed by atoms with van der Waals surface area (Å²) in [5.41, 5.74) is 2.19.